The number of hydrazine groups is 2. The van der Waals surface area contributed by atoms with Crippen LogP contribution < -0.4 is 27.9 Å². The summed E-state index contributed by atoms with van der Waals surface area (Å²) in [5.74, 6) is 10.1. The summed E-state index contributed by atoms with van der Waals surface area (Å²) in [5, 5.41) is 2.30. The lowest BCUT2D eigenvalue weighted by Crippen LogP contribution is -2.43. The molecule has 80 valence electrons. The third kappa shape index (κ3) is 7.75. The van der Waals surface area contributed by atoms with Crippen molar-refractivity contribution in [3.8, 4) is 0 Å². The predicted octanol–water partition coefficient (Wildman–Crippen LogP) is -1.59. The van der Waals surface area contributed by atoms with Gasteiger partial charge in [-0.2, -0.15) is 0 Å². The molecule has 1 amide bonds. The van der Waals surface area contributed by atoms with E-state index in [9.17, 15) is 4.79 Å². The molecule has 0 rings (SSSR count). The number of nitrogens with one attached hydrogen (secondary N) is 3. The minimum atomic E-state index is -0.532. The largest absolute Gasteiger partial charge is 0.429 e. The number of nitrogens with two attached hydrogens (primary N) is 2. The molecule has 0 aromatic heterocycles. The van der Waals surface area contributed by atoms with E-state index in [1.165, 1.54) is 7.05 Å². The van der Waals surface area contributed by atoms with Gasteiger partial charge in [0.1, 0.15) is 0 Å². The van der Waals surface area contributed by atoms with Crippen molar-refractivity contribution >= 4 is 18.5 Å². The van der Waals surface area contributed by atoms with Gasteiger partial charge in [-0.1, -0.05) is 0 Å². The highest BCUT2D eigenvalue weighted by Gasteiger charge is 2.09. The Hall–Kier alpha value is -0.600. The molecule has 0 aromatic carbocycles. The maximum absolute atomic E-state index is 10.7. The number of carbonyl (C=O) groups excluding carboxylic acids is 1. The molecule has 7 nitrogen and oxygen atoms in total. The van der Waals surface area contributed by atoms with Gasteiger partial charge < -0.3 is 10.1 Å². The summed E-state index contributed by atoms with van der Waals surface area (Å²) >= 11 is 0. The van der Waals surface area contributed by atoms with E-state index in [2.05, 4.69) is 16.2 Å². The maximum Gasteiger partial charge on any atom is 0.408 e. The van der Waals surface area contributed by atoms with Gasteiger partial charge in [-0.3, -0.25) is 17.1 Å². The molecule has 13 heavy (non-hydrogen) atoms. The molecule has 7 N–H and O–H groups in total. The summed E-state index contributed by atoms with van der Waals surface area (Å²) in [6.45, 7) is 0.506. The zero-order chi connectivity index (χ0) is 9.40. The molecular formula is C5H16ClN5O2. The van der Waals surface area contributed by atoms with E-state index in [0.717, 1.165) is 0 Å². The molecule has 0 fully saturated rings. The van der Waals surface area contributed by atoms with Gasteiger partial charge in [-0.05, 0) is 0 Å². The van der Waals surface area contributed by atoms with Gasteiger partial charge in [0.05, 0.1) is 0 Å². The summed E-state index contributed by atoms with van der Waals surface area (Å²) < 4.78 is 4.77. The number of rotatable bonds is 5. The van der Waals surface area contributed by atoms with Crippen LogP contribution in [0.2, 0.25) is 0 Å². The third-order valence-electron chi connectivity index (χ3n) is 1.19. The van der Waals surface area contributed by atoms with Crippen molar-refractivity contribution in [2.24, 2.45) is 11.7 Å². The monoisotopic (exact) mass is 213 g/mol. The van der Waals surface area contributed by atoms with Crippen LogP contribution in [0.25, 0.3) is 0 Å². The minimum absolute atomic E-state index is 0. The summed E-state index contributed by atoms with van der Waals surface area (Å²) in [5.41, 5.74) is 4.74. The van der Waals surface area contributed by atoms with E-state index < -0.39 is 12.3 Å². The van der Waals surface area contributed by atoms with Crippen molar-refractivity contribution in [3.05, 3.63) is 0 Å². The fourth-order valence-corrected chi connectivity index (χ4v) is 0.579. The van der Waals surface area contributed by atoms with E-state index in [1.807, 2.05) is 0 Å². The van der Waals surface area contributed by atoms with Gasteiger partial charge in [0, 0.05) is 20.0 Å². The Morgan fingerprint density at radius 1 is 1.54 bits per heavy atom. The molecule has 0 saturated heterocycles. The molecule has 0 aromatic rings. The highest BCUT2D eigenvalue weighted by Crippen LogP contribution is 1.91. The first-order valence-electron chi connectivity index (χ1n) is 3.52. The smallest absolute Gasteiger partial charge is 0.408 e. The van der Waals surface area contributed by atoms with E-state index in [4.69, 9.17) is 16.4 Å². The molecule has 0 heterocycles. The molecule has 1 unspecified atom stereocenters. The van der Waals surface area contributed by atoms with E-state index >= 15 is 0 Å². The SMILES string of the molecule is CNC(=O)OC(CCNN)NN.Cl. The van der Waals surface area contributed by atoms with Crippen LogP contribution in [0, 0.1) is 0 Å². The molecule has 0 bridgehead atoms. The minimum Gasteiger partial charge on any atom is -0.429 e. The van der Waals surface area contributed by atoms with E-state index in [1.54, 1.807) is 0 Å². The number of ether oxygens (including phenoxy) is 1. The van der Waals surface area contributed by atoms with Crippen LogP contribution in [0.15, 0.2) is 0 Å². The number of hydrogen-bond acceptors (Lipinski definition) is 6. The Morgan fingerprint density at radius 2 is 2.15 bits per heavy atom. The van der Waals surface area contributed by atoms with Crippen LogP contribution in [0.5, 0.6) is 0 Å². The number of carbonyl (C=O) groups is 1. The van der Waals surface area contributed by atoms with Gasteiger partial charge in [0.2, 0.25) is 0 Å². The maximum atomic E-state index is 10.7. The van der Waals surface area contributed by atoms with Gasteiger partial charge in [-0.15, -0.1) is 12.4 Å². The molecule has 8 heteroatoms. The first-order valence-corrected chi connectivity index (χ1v) is 3.52. The average Bonchev–Trinajstić information content (AvgIpc) is 2.11. The average molecular weight is 214 g/mol. The van der Waals surface area contributed by atoms with Crippen molar-refractivity contribution in [3.63, 3.8) is 0 Å². The topological polar surface area (TPSA) is 114 Å². The zero-order valence-electron chi connectivity index (χ0n) is 7.37. The first-order chi connectivity index (χ1) is 5.74. The van der Waals surface area contributed by atoms with Crippen LogP contribution in [0.1, 0.15) is 6.42 Å². The van der Waals surface area contributed by atoms with E-state index in [-0.39, 0.29) is 12.4 Å². The predicted molar refractivity (Wildman–Crippen MR) is 50.7 cm³/mol. The molecule has 0 spiro atoms. The van der Waals surface area contributed by atoms with Crippen molar-refractivity contribution < 1.29 is 9.53 Å². The second kappa shape index (κ2) is 9.49. The highest BCUT2D eigenvalue weighted by molar-refractivity contribution is 5.85. The lowest BCUT2D eigenvalue weighted by atomic mass is 10.4. The molecule has 0 aliphatic heterocycles. The van der Waals surface area contributed by atoms with E-state index in [0.29, 0.717) is 13.0 Å². The lowest BCUT2D eigenvalue weighted by Gasteiger charge is -2.15. The Kier molecular flexibility index (Phi) is 10.9. The summed E-state index contributed by atoms with van der Waals surface area (Å²) in [7, 11) is 1.47. The Labute approximate surface area is 82.9 Å². The van der Waals surface area contributed by atoms with Crippen molar-refractivity contribution in [1.29, 1.82) is 0 Å². The molecule has 1 atom stereocenters. The second-order valence-electron chi connectivity index (χ2n) is 2.05. The normalized spacial score (nSPS) is 11.3. The van der Waals surface area contributed by atoms with Gasteiger partial charge in [0.25, 0.3) is 0 Å². The third-order valence-corrected chi connectivity index (χ3v) is 1.19. The Morgan fingerprint density at radius 3 is 2.54 bits per heavy atom. The molecule has 0 radical (unpaired) electrons. The van der Waals surface area contributed by atoms with Crippen LogP contribution in [0.4, 0.5) is 4.79 Å². The van der Waals surface area contributed by atoms with Gasteiger partial charge in [0.15, 0.2) is 6.23 Å². The van der Waals surface area contributed by atoms with Crippen molar-refractivity contribution in [2.75, 3.05) is 13.6 Å². The van der Waals surface area contributed by atoms with Crippen LogP contribution >= 0.6 is 12.4 Å². The first kappa shape index (κ1) is 14.9. The Bertz CT molecular complexity index is 136. The molecule has 0 aliphatic carbocycles. The molecular weight excluding hydrogens is 198 g/mol. The number of halogens is 1. The fourth-order valence-electron chi connectivity index (χ4n) is 0.579. The highest BCUT2D eigenvalue weighted by atomic mass is 35.5. The summed E-state index contributed by atoms with van der Waals surface area (Å²) in [6.07, 6.45) is -0.559. The quantitative estimate of drug-likeness (QED) is 0.214. The zero-order valence-corrected chi connectivity index (χ0v) is 8.19. The van der Waals surface area contributed by atoms with Crippen molar-refractivity contribution in [2.45, 2.75) is 12.6 Å². The standard InChI is InChI=1S/C5H15N5O2.ClH/c1-8-5(11)12-4(10-7)2-3-9-6;/h4,9-10H,2-3,6-7H2,1H3,(H,8,11);1H. The molecule has 0 aliphatic rings. The number of hydrogen-bond donors (Lipinski definition) is 5. The van der Waals surface area contributed by atoms with Crippen LogP contribution in [-0.2, 0) is 4.74 Å². The van der Waals surface area contributed by atoms with Gasteiger partial charge in [-0.25, -0.2) is 10.2 Å². The molecule has 0 saturated carbocycles. The summed E-state index contributed by atoms with van der Waals surface area (Å²) in [6, 6.07) is 0. The number of amides is 1. The Balaban J connectivity index is 0. The van der Waals surface area contributed by atoms with Crippen LogP contribution in [0.3, 0.4) is 0 Å². The van der Waals surface area contributed by atoms with Crippen molar-refractivity contribution in [1.82, 2.24) is 16.2 Å². The number of alkyl carbamates (subject to hydrolysis) is 1. The van der Waals surface area contributed by atoms with Crippen LogP contribution in [-0.4, -0.2) is 25.9 Å². The fraction of sp³-hybridized carbons (Fsp3) is 0.800. The lowest BCUT2D eigenvalue weighted by molar-refractivity contribution is 0.0744. The summed E-state index contributed by atoms with van der Waals surface area (Å²) in [4.78, 5) is 10.7. The second-order valence-corrected chi connectivity index (χ2v) is 2.05. The van der Waals surface area contributed by atoms with Gasteiger partial charge >= 0.3 is 6.09 Å².